The van der Waals surface area contributed by atoms with Crippen molar-refractivity contribution in [1.29, 1.82) is 0 Å². The number of rotatable bonds is 5. The standard InChI is InChI=1S/C17H30N4O4/c1-3-4-8-18-16(25)21-11-10-19(2)17(13-21)6-5-14(22)20(9-7-17)12-15(23)24/h3-13H2,1-2H3,(H,18,25)(H,23,24)/t17-/m1/s1. The molecule has 2 aliphatic heterocycles. The van der Waals surface area contributed by atoms with Crippen LogP contribution in [0.15, 0.2) is 0 Å². The van der Waals surface area contributed by atoms with Crippen LogP contribution in [-0.2, 0) is 9.59 Å². The molecular formula is C17H30N4O4. The Labute approximate surface area is 149 Å². The fourth-order valence-corrected chi connectivity index (χ4v) is 3.68. The summed E-state index contributed by atoms with van der Waals surface area (Å²) >= 11 is 0. The largest absolute Gasteiger partial charge is 0.480 e. The molecule has 0 aromatic carbocycles. The molecule has 8 heteroatoms. The molecule has 8 nitrogen and oxygen atoms in total. The first-order chi connectivity index (χ1) is 11.9. The van der Waals surface area contributed by atoms with Gasteiger partial charge in [0.05, 0.1) is 0 Å². The van der Waals surface area contributed by atoms with Crippen LogP contribution in [0.5, 0.6) is 0 Å². The van der Waals surface area contributed by atoms with E-state index in [9.17, 15) is 14.4 Å². The zero-order valence-corrected chi connectivity index (χ0v) is 15.3. The van der Waals surface area contributed by atoms with Gasteiger partial charge < -0.3 is 20.2 Å². The SMILES string of the molecule is CCCCNC(=O)N1CCN(C)[C@@]2(CCC(=O)N(CC(=O)O)CC2)C1. The highest BCUT2D eigenvalue weighted by molar-refractivity contribution is 5.81. The number of likely N-dealkylation sites (N-methyl/N-ethyl adjacent to an activating group) is 1. The fourth-order valence-electron chi connectivity index (χ4n) is 3.68. The van der Waals surface area contributed by atoms with Crippen molar-refractivity contribution in [3.63, 3.8) is 0 Å². The molecule has 3 amide bonds. The van der Waals surface area contributed by atoms with E-state index in [1.807, 2.05) is 11.9 Å². The third-order valence-electron chi connectivity index (χ3n) is 5.42. The van der Waals surface area contributed by atoms with Crippen molar-refractivity contribution in [1.82, 2.24) is 20.0 Å². The number of carbonyl (C=O) groups is 3. The van der Waals surface area contributed by atoms with E-state index < -0.39 is 5.97 Å². The molecule has 2 rings (SSSR count). The van der Waals surface area contributed by atoms with Crippen LogP contribution in [0, 0.1) is 0 Å². The molecule has 2 saturated heterocycles. The van der Waals surface area contributed by atoms with Crippen LogP contribution in [0.25, 0.3) is 0 Å². The van der Waals surface area contributed by atoms with Crippen molar-refractivity contribution in [2.45, 2.75) is 44.6 Å². The first-order valence-electron chi connectivity index (χ1n) is 9.11. The number of nitrogens with zero attached hydrogens (tertiary/aromatic N) is 3. The van der Waals surface area contributed by atoms with Crippen molar-refractivity contribution in [2.24, 2.45) is 0 Å². The summed E-state index contributed by atoms with van der Waals surface area (Å²) in [4.78, 5) is 41.1. The average molecular weight is 354 g/mol. The van der Waals surface area contributed by atoms with E-state index in [1.165, 1.54) is 4.90 Å². The number of amides is 3. The number of piperazine rings is 1. The lowest BCUT2D eigenvalue weighted by molar-refractivity contribution is -0.144. The van der Waals surface area contributed by atoms with Gasteiger partial charge >= 0.3 is 12.0 Å². The average Bonchev–Trinajstić information content (AvgIpc) is 2.72. The molecule has 0 aromatic rings. The molecule has 2 heterocycles. The van der Waals surface area contributed by atoms with Gasteiger partial charge in [0.15, 0.2) is 0 Å². The molecule has 0 bridgehead atoms. The number of aliphatic carboxylic acids is 1. The number of carboxylic acids is 1. The Morgan fingerprint density at radius 2 is 2.00 bits per heavy atom. The van der Waals surface area contributed by atoms with Crippen molar-refractivity contribution in [2.75, 3.05) is 46.3 Å². The van der Waals surface area contributed by atoms with Gasteiger partial charge in [-0.3, -0.25) is 14.5 Å². The fraction of sp³-hybridized carbons (Fsp3) is 0.824. The summed E-state index contributed by atoms with van der Waals surface area (Å²) in [6.07, 6.45) is 3.65. The number of urea groups is 1. The van der Waals surface area contributed by atoms with Crippen LogP contribution in [0.4, 0.5) is 4.79 Å². The van der Waals surface area contributed by atoms with Gasteiger partial charge in [0.2, 0.25) is 5.91 Å². The summed E-state index contributed by atoms with van der Waals surface area (Å²) in [7, 11) is 2.03. The van der Waals surface area contributed by atoms with Crippen LogP contribution < -0.4 is 5.32 Å². The maximum Gasteiger partial charge on any atom is 0.323 e. The number of likely N-dealkylation sites (tertiary alicyclic amines) is 1. The quantitative estimate of drug-likeness (QED) is 0.705. The molecule has 1 atom stereocenters. The monoisotopic (exact) mass is 354 g/mol. The zero-order valence-electron chi connectivity index (χ0n) is 15.3. The van der Waals surface area contributed by atoms with Gasteiger partial charge in [-0.25, -0.2) is 4.79 Å². The maximum atomic E-state index is 12.4. The van der Waals surface area contributed by atoms with Crippen molar-refractivity contribution < 1.29 is 19.5 Å². The first-order valence-corrected chi connectivity index (χ1v) is 9.11. The van der Waals surface area contributed by atoms with Crippen LogP contribution >= 0.6 is 0 Å². The number of unbranched alkanes of at least 4 members (excludes halogenated alkanes) is 1. The van der Waals surface area contributed by atoms with E-state index in [4.69, 9.17) is 5.11 Å². The third kappa shape index (κ3) is 4.84. The molecular weight excluding hydrogens is 324 g/mol. The van der Waals surface area contributed by atoms with Gasteiger partial charge in [-0.15, -0.1) is 0 Å². The molecule has 1 spiro atoms. The van der Waals surface area contributed by atoms with E-state index in [1.54, 1.807) is 0 Å². The second-order valence-electron chi connectivity index (χ2n) is 7.11. The van der Waals surface area contributed by atoms with Crippen molar-refractivity contribution in [3.05, 3.63) is 0 Å². The molecule has 25 heavy (non-hydrogen) atoms. The van der Waals surface area contributed by atoms with Crippen molar-refractivity contribution in [3.8, 4) is 0 Å². The van der Waals surface area contributed by atoms with Crippen LogP contribution in [0.3, 0.4) is 0 Å². The Morgan fingerprint density at radius 1 is 1.24 bits per heavy atom. The highest BCUT2D eigenvalue weighted by Gasteiger charge is 2.43. The zero-order chi connectivity index (χ0) is 18.4. The molecule has 2 N–H and O–H groups in total. The summed E-state index contributed by atoms with van der Waals surface area (Å²) in [5, 5.41) is 11.9. The number of nitrogens with one attached hydrogen (secondary N) is 1. The number of carboxylic acid groups (broad SMARTS) is 1. The predicted octanol–water partition coefficient (Wildman–Crippen LogP) is 0.579. The van der Waals surface area contributed by atoms with Gasteiger partial charge in [0.25, 0.3) is 0 Å². The lowest BCUT2D eigenvalue weighted by Gasteiger charge is -2.49. The molecule has 0 aromatic heterocycles. The molecule has 0 radical (unpaired) electrons. The highest BCUT2D eigenvalue weighted by Crippen LogP contribution is 2.32. The molecule has 0 saturated carbocycles. The van der Waals surface area contributed by atoms with E-state index in [2.05, 4.69) is 17.1 Å². The first kappa shape index (κ1) is 19.5. The second kappa shape index (κ2) is 8.51. The van der Waals surface area contributed by atoms with Gasteiger partial charge in [-0.2, -0.15) is 0 Å². The van der Waals surface area contributed by atoms with E-state index in [0.717, 1.165) is 19.4 Å². The van der Waals surface area contributed by atoms with Gasteiger partial charge in [0, 0.05) is 44.7 Å². The van der Waals surface area contributed by atoms with Gasteiger partial charge in [0.1, 0.15) is 6.54 Å². The lowest BCUT2D eigenvalue weighted by Crippen LogP contribution is -2.63. The summed E-state index contributed by atoms with van der Waals surface area (Å²) in [5.74, 6) is -1.10. The molecule has 2 aliphatic rings. The normalized spacial score (nSPS) is 25.1. The van der Waals surface area contributed by atoms with Gasteiger partial charge in [-0.1, -0.05) is 13.3 Å². The van der Waals surface area contributed by atoms with Crippen LogP contribution in [-0.4, -0.2) is 89.6 Å². The van der Waals surface area contributed by atoms with Gasteiger partial charge in [-0.05, 0) is 26.3 Å². The Balaban J connectivity index is 2.03. The Bertz CT molecular complexity index is 513. The van der Waals surface area contributed by atoms with Crippen molar-refractivity contribution >= 4 is 17.9 Å². The minimum atomic E-state index is -0.988. The minimum Gasteiger partial charge on any atom is -0.480 e. The topological polar surface area (TPSA) is 93.2 Å². The Morgan fingerprint density at radius 3 is 2.68 bits per heavy atom. The summed E-state index contributed by atoms with van der Waals surface area (Å²) < 4.78 is 0. The Hall–Kier alpha value is -1.83. The molecule has 2 fully saturated rings. The minimum absolute atomic E-state index is 0.0427. The summed E-state index contributed by atoms with van der Waals surface area (Å²) in [5.41, 5.74) is -0.261. The molecule has 142 valence electrons. The number of hydrogen-bond donors (Lipinski definition) is 2. The summed E-state index contributed by atoms with van der Waals surface area (Å²) in [6, 6.07) is -0.0427. The number of hydrogen-bond acceptors (Lipinski definition) is 4. The van der Waals surface area contributed by atoms with Crippen LogP contribution in [0.2, 0.25) is 0 Å². The summed E-state index contributed by atoms with van der Waals surface area (Å²) in [6.45, 7) is 4.94. The number of carbonyl (C=O) groups excluding carboxylic acids is 2. The smallest absolute Gasteiger partial charge is 0.323 e. The molecule has 0 unspecified atom stereocenters. The molecule has 0 aliphatic carbocycles. The highest BCUT2D eigenvalue weighted by atomic mass is 16.4. The Kier molecular flexibility index (Phi) is 6.64. The van der Waals surface area contributed by atoms with Crippen LogP contribution in [0.1, 0.15) is 39.0 Å². The second-order valence-corrected chi connectivity index (χ2v) is 7.11. The van der Waals surface area contributed by atoms with E-state index >= 15 is 0 Å². The third-order valence-corrected chi connectivity index (χ3v) is 5.42. The maximum absolute atomic E-state index is 12.4. The lowest BCUT2D eigenvalue weighted by atomic mass is 9.86. The van der Waals surface area contributed by atoms with E-state index in [0.29, 0.717) is 45.4 Å². The predicted molar refractivity (Wildman–Crippen MR) is 93.3 cm³/mol. The van der Waals surface area contributed by atoms with E-state index in [-0.39, 0.29) is 24.0 Å².